The first-order chi connectivity index (χ1) is 20.6. The minimum absolute atomic E-state index is 0.00896. The van der Waals surface area contributed by atoms with E-state index in [9.17, 15) is 32.8 Å². The fourth-order valence-corrected chi connectivity index (χ4v) is 6.62. The molecule has 0 aromatic heterocycles. The van der Waals surface area contributed by atoms with Crippen LogP contribution in [0.2, 0.25) is 0 Å². The van der Waals surface area contributed by atoms with E-state index in [1.807, 2.05) is 0 Å². The van der Waals surface area contributed by atoms with Gasteiger partial charge in [-0.15, -0.1) is 0 Å². The number of morpholine rings is 1. The van der Waals surface area contributed by atoms with Crippen molar-refractivity contribution in [2.75, 3.05) is 51.3 Å². The highest BCUT2D eigenvalue weighted by Gasteiger charge is 2.46. The van der Waals surface area contributed by atoms with Crippen molar-refractivity contribution in [1.82, 2.24) is 14.7 Å². The number of Topliss-reactive ketones (excluding diaryl/α,β-unsaturated/α-hetero) is 1. The van der Waals surface area contributed by atoms with E-state index in [4.69, 9.17) is 4.74 Å². The van der Waals surface area contributed by atoms with Crippen molar-refractivity contribution in [2.45, 2.75) is 37.5 Å². The molecule has 0 bridgehead atoms. The van der Waals surface area contributed by atoms with Gasteiger partial charge in [-0.1, -0.05) is 12.1 Å². The van der Waals surface area contributed by atoms with Gasteiger partial charge in [0.2, 0.25) is 0 Å². The van der Waals surface area contributed by atoms with Crippen LogP contribution in [0.15, 0.2) is 53.7 Å². The number of hydrogen-bond donors (Lipinski definition) is 0. The molecule has 2 unspecified atom stereocenters. The molecule has 0 radical (unpaired) electrons. The molecule has 3 aliphatic heterocycles. The Hall–Kier alpha value is -4.21. The molecule has 224 valence electrons. The molecule has 1 aliphatic carbocycles. The van der Waals surface area contributed by atoms with E-state index in [-0.39, 0.29) is 53.0 Å². The van der Waals surface area contributed by atoms with Crippen LogP contribution in [0.4, 0.5) is 23.7 Å². The summed E-state index contributed by atoms with van der Waals surface area (Å²) in [5.41, 5.74) is 0.592. The normalized spacial score (nSPS) is 23.2. The number of hydrogen-bond acceptors (Lipinski definition) is 6. The number of likely N-dealkylation sites (N-methyl/N-ethyl adjacent to an activating group) is 1. The number of ketones is 1. The van der Waals surface area contributed by atoms with Gasteiger partial charge in [0.1, 0.15) is 0 Å². The molecule has 0 spiro atoms. The average molecular weight is 594 g/mol. The number of likely N-dealkylation sites (tertiary alicyclic amines) is 1. The summed E-state index contributed by atoms with van der Waals surface area (Å²) >= 11 is 0. The zero-order valence-corrected chi connectivity index (χ0v) is 23.6. The number of benzene rings is 2. The maximum absolute atomic E-state index is 14.0. The highest BCUT2D eigenvalue weighted by Crippen LogP contribution is 2.46. The lowest BCUT2D eigenvalue weighted by Crippen LogP contribution is -2.48. The minimum Gasteiger partial charge on any atom is -0.379 e. The quantitative estimate of drug-likeness (QED) is 0.523. The molecular weight excluding hydrogens is 563 g/mol. The molecule has 43 heavy (non-hydrogen) atoms. The van der Waals surface area contributed by atoms with E-state index in [1.54, 1.807) is 17.0 Å². The molecule has 2 atom stereocenters. The van der Waals surface area contributed by atoms with Gasteiger partial charge in [-0.3, -0.25) is 19.4 Å². The molecule has 4 aliphatic rings. The summed E-state index contributed by atoms with van der Waals surface area (Å²) < 4.78 is 46.0. The largest absolute Gasteiger partial charge is 0.416 e. The number of nitriles is 1. The van der Waals surface area contributed by atoms with Crippen LogP contribution in [0, 0.1) is 11.3 Å². The fraction of sp³-hybridized carbons (Fsp3) is 0.419. The summed E-state index contributed by atoms with van der Waals surface area (Å²) in [7, 11) is 1.47. The predicted molar refractivity (Wildman–Crippen MR) is 149 cm³/mol. The summed E-state index contributed by atoms with van der Waals surface area (Å²) in [4.78, 5) is 47.8. The predicted octanol–water partition coefficient (Wildman–Crippen LogP) is 4.35. The van der Waals surface area contributed by atoms with Gasteiger partial charge in [-0.25, -0.2) is 4.79 Å². The molecule has 3 heterocycles. The van der Waals surface area contributed by atoms with E-state index in [2.05, 4.69) is 11.0 Å². The van der Waals surface area contributed by atoms with Crippen molar-refractivity contribution in [2.24, 2.45) is 0 Å². The Morgan fingerprint density at radius 1 is 1.05 bits per heavy atom. The molecule has 2 fully saturated rings. The highest BCUT2D eigenvalue weighted by molar-refractivity contribution is 6.09. The summed E-state index contributed by atoms with van der Waals surface area (Å²) in [5.74, 6) is -0.538. The number of carbonyl (C=O) groups is 3. The van der Waals surface area contributed by atoms with Crippen molar-refractivity contribution in [3.63, 3.8) is 0 Å². The van der Waals surface area contributed by atoms with Crippen LogP contribution in [0.25, 0.3) is 0 Å². The summed E-state index contributed by atoms with van der Waals surface area (Å²) in [6.45, 7) is 3.89. The number of halogens is 3. The minimum atomic E-state index is -4.61. The Kier molecular flexibility index (Phi) is 7.48. The number of allylic oxidation sites excluding steroid dienone is 1. The SMILES string of the molecule is CN1C(=O)N(c2cccc(C(F)(F)F)c2)C2=C(C(=O)CC2)C1c1ccc(C#N)cc1C(=O)N1CCC(N2CCOCC2)C1. The van der Waals surface area contributed by atoms with Crippen LogP contribution in [-0.4, -0.2) is 84.9 Å². The monoisotopic (exact) mass is 593 g/mol. The number of alkyl halides is 3. The molecule has 2 saturated heterocycles. The summed E-state index contributed by atoms with van der Waals surface area (Å²) in [5, 5.41) is 9.64. The average Bonchev–Trinajstić information content (AvgIpc) is 3.65. The van der Waals surface area contributed by atoms with E-state index >= 15 is 0 Å². The van der Waals surface area contributed by atoms with Crippen molar-refractivity contribution in [3.05, 3.63) is 76.0 Å². The standard InChI is InChI=1S/C31H30F3N5O4/c1-36-28(27-25(7-8-26(27)40)39(30(36)42)21-4-2-3-20(16-21)31(32,33)34)23-6-5-19(17-35)15-24(23)29(41)38-10-9-22(18-38)37-11-13-43-14-12-37/h2-6,15-16,22,28H,7-14,18H2,1H3. The molecule has 9 nitrogen and oxygen atoms in total. The first kappa shape index (κ1) is 28.9. The number of rotatable bonds is 4. The molecule has 3 amide bonds. The van der Waals surface area contributed by atoms with Crippen LogP contribution in [0.5, 0.6) is 0 Å². The van der Waals surface area contributed by atoms with Gasteiger partial charge in [0, 0.05) is 62.5 Å². The Morgan fingerprint density at radius 3 is 2.53 bits per heavy atom. The Labute approximate surface area is 246 Å². The van der Waals surface area contributed by atoms with Gasteiger partial charge < -0.3 is 14.5 Å². The van der Waals surface area contributed by atoms with Gasteiger partial charge in [0.15, 0.2) is 5.78 Å². The topological polar surface area (TPSA) is 97.2 Å². The van der Waals surface area contributed by atoms with Gasteiger partial charge in [0.05, 0.1) is 42.1 Å². The number of ether oxygens (including phenoxy) is 1. The second-order valence-electron chi connectivity index (χ2n) is 11.2. The first-order valence-electron chi connectivity index (χ1n) is 14.2. The Morgan fingerprint density at radius 2 is 1.81 bits per heavy atom. The number of carbonyl (C=O) groups excluding carboxylic acids is 3. The van der Waals surface area contributed by atoms with Crippen LogP contribution >= 0.6 is 0 Å². The van der Waals surface area contributed by atoms with Crippen molar-refractivity contribution >= 4 is 23.4 Å². The van der Waals surface area contributed by atoms with Crippen molar-refractivity contribution < 1.29 is 32.3 Å². The van der Waals surface area contributed by atoms with Gasteiger partial charge in [0.25, 0.3) is 5.91 Å². The third-order valence-corrected chi connectivity index (χ3v) is 8.78. The molecule has 2 aromatic rings. The van der Waals surface area contributed by atoms with Crippen LogP contribution < -0.4 is 4.90 Å². The lowest BCUT2D eigenvalue weighted by atomic mass is 9.88. The van der Waals surface area contributed by atoms with Gasteiger partial charge in [-0.2, -0.15) is 18.4 Å². The molecule has 2 aromatic carbocycles. The molecule has 6 rings (SSSR count). The smallest absolute Gasteiger partial charge is 0.379 e. The van der Waals surface area contributed by atoms with Gasteiger partial charge in [-0.05, 0) is 48.7 Å². The van der Waals surface area contributed by atoms with E-state index in [0.717, 1.165) is 31.6 Å². The second-order valence-corrected chi connectivity index (χ2v) is 11.2. The maximum Gasteiger partial charge on any atom is 0.416 e. The van der Waals surface area contributed by atoms with E-state index in [0.29, 0.717) is 37.6 Å². The third kappa shape index (κ3) is 5.17. The lowest BCUT2D eigenvalue weighted by molar-refractivity contribution is -0.137. The fourth-order valence-electron chi connectivity index (χ4n) is 6.62. The molecular formula is C31H30F3N5O4. The zero-order chi connectivity index (χ0) is 30.5. The Bertz CT molecular complexity index is 1560. The summed E-state index contributed by atoms with van der Waals surface area (Å²) in [6.07, 6.45) is -3.56. The zero-order valence-electron chi connectivity index (χ0n) is 23.6. The third-order valence-electron chi connectivity index (χ3n) is 8.78. The molecule has 0 N–H and O–H groups in total. The van der Waals surface area contributed by atoms with E-state index < -0.39 is 23.8 Å². The first-order valence-corrected chi connectivity index (χ1v) is 14.2. The van der Waals surface area contributed by atoms with Crippen molar-refractivity contribution in [1.29, 1.82) is 5.26 Å². The maximum atomic E-state index is 14.0. The van der Waals surface area contributed by atoms with Crippen LogP contribution in [0.3, 0.4) is 0 Å². The second kappa shape index (κ2) is 11.1. The lowest BCUT2D eigenvalue weighted by Gasteiger charge is -2.41. The van der Waals surface area contributed by atoms with E-state index in [1.165, 1.54) is 35.0 Å². The molecule has 0 saturated carbocycles. The van der Waals surface area contributed by atoms with Gasteiger partial charge >= 0.3 is 12.2 Å². The summed E-state index contributed by atoms with van der Waals surface area (Å²) in [6, 6.07) is 9.80. The Balaban J connectivity index is 1.39. The number of nitrogens with zero attached hydrogens (tertiary/aromatic N) is 5. The molecule has 12 heteroatoms. The van der Waals surface area contributed by atoms with Crippen molar-refractivity contribution in [3.8, 4) is 6.07 Å². The number of amides is 3. The number of urea groups is 1. The number of anilines is 1. The van der Waals surface area contributed by atoms with Crippen LogP contribution in [-0.2, 0) is 15.7 Å². The van der Waals surface area contributed by atoms with Crippen LogP contribution in [0.1, 0.15) is 52.4 Å². The highest BCUT2D eigenvalue weighted by atomic mass is 19.4.